The first-order valence-electron chi connectivity index (χ1n) is 7.98. The van der Waals surface area contributed by atoms with Crippen molar-refractivity contribution < 1.29 is 4.52 Å². The minimum absolute atomic E-state index is 0.199. The number of rotatable bonds is 2. The molecule has 2 aromatic heterocycles. The zero-order chi connectivity index (χ0) is 18.6. The number of halogens is 2. The molecule has 7 heteroatoms. The molecule has 4 rings (SSSR count). The van der Waals surface area contributed by atoms with Crippen molar-refractivity contribution in [2.75, 3.05) is 0 Å². The van der Waals surface area contributed by atoms with Gasteiger partial charge in [0.15, 0.2) is 0 Å². The molecule has 2 aromatic carbocycles. The molecule has 1 N–H and O–H groups in total. The fraction of sp³-hybridized carbons (Fsp3) is 0.158. The average Bonchev–Trinajstić information content (AvgIpc) is 3.08. The number of nitrogens with one attached hydrogen (secondary N) is 1. The predicted molar refractivity (Wildman–Crippen MR) is 104 cm³/mol. The van der Waals surface area contributed by atoms with Crippen molar-refractivity contribution in [3.8, 4) is 22.3 Å². The number of fused-ring (bicyclic) bond motifs is 1. The Balaban J connectivity index is 2.14. The summed E-state index contributed by atoms with van der Waals surface area (Å²) in [6, 6.07) is 9.19. The van der Waals surface area contributed by atoms with Crippen LogP contribution in [0.25, 0.3) is 33.3 Å². The largest absolute Gasteiger partial charge is 0.361 e. The van der Waals surface area contributed by atoms with Crippen LogP contribution < -0.4 is 5.69 Å². The third-order valence-electron chi connectivity index (χ3n) is 4.53. The summed E-state index contributed by atoms with van der Waals surface area (Å²) in [6.07, 6.45) is 0. The van der Waals surface area contributed by atoms with Gasteiger partial charge < -0.3 is 9.51 Å². The molecular weight excluding hydrogens is 373 g/mol. The lowest BCUT2D eigenvalue weighted by molar-refractivity contribution is 0.393. The van der Waals surface area contributed by atoms with E-state index in [4.69, 9.17) is 27.7 Å². The Hall–Kier alpha value is -2.50. The Bertz CT molecular complexity index is 1200. The van der Waals surface area contributed by atoms with Gasteiger partial charge in [-0.15, -0.1) is 0 Å². The standard InChI is InChI=1S/C19H15Cl2N3O2/c1-9-17(10(2)26-23-9)11-6-14(13-8-12(20)4-5-15(13)21)18-16(7-11)22-19(25)24(18)3/h4-8H,1-3H3,(H,22,25). The number of nitrogens with zero attached hydrogens (tertiary/aromatic N) is 2. The van der Waals surface area contributed by atoms with Crippen LogP contribution in [-0.4, -0.2) is 14.7 Å². The number of hydrogen-bond acceptors (Lipinski definition) is 3. The third-order valence-corrected chi connectivity index (χ3v) is 5.10. The maximum absolute atomic E-state index is 12.2. The number of benzene rings is 2. The fourth-order valence-corrected chi connectivity index (χ4v) is 3.73. The van der Waals surface area contributed by atoms with Crippen molar-refractivity contribution in [1.29, 1.82) is 0 Å². The van der Waals surface area contributed by atoms with Gasteiger partial charge in [0, 0.05) is 33.8 Å². The van der Waals surface area contributed by atoms with E-state index in [0.717, 1.165) is 33.5 Å². The smallest absolute Gasteiger partial charge is 0.326 e. The normalized spacial score (nSPS) is 11.4. The van der Waals surface area contributed by atoms with E-state index in [1.165, 1.54) is 0 Å². The van der Waals surface area contributed by atoms with Gasteiger partial charge in [0.1, 0.15) is 5.76 Å². The van der Waals surface area contributed by atoms with Crippen LogP contribution in [0.5, 0.6) is 0 Å². The van der Waals surface area contributed by atoms with E-state index >= 15 is 0 Å². The lowest BCUT2D eigenvalue weighted by atomic mass is 9.96. The topological polar surface area (TPSA) is 63.8 Å². The minimum Gasteiger partial charge on any atom is -0.361 e. The summed E-state index contributed by atoms with van der Waals surface area (Å²) in [6.45, 7) is 3.75. The van der Waals surface area contributed by atoms with Crippen molar-refractivity contribution in [2.24, 2.45) is 7.05 Å². The van der Waals surface area contributed by atoms with Gasteiger partial charge in [-0.3, -0.25) is 4.57 Å². The van der Waals surface area contributed by atoms with Gasteiger partial charge in [0.25, 0.3) is 0 Å². The number of aromatic amines is 1. The Morgan fingerprint density at radius 1 is 1.12 bits per heavy atom. The Kier molecular flexibility index (Phi) is 3.93. The first kappa shape index (κ1) is 16.9. The summed E-state index contributed by atoms with van der Waals surface area (Å²) in [7, 11) is 1.72. The van der Waals surface area contributed by atoms with Crippen LogP contribution in [0.2, 0.25) is 10.0 Å². The molecular formula is C19H15Cl2N3O2. The highest BCUT2D eigenvalue weighted by molar-refractivity contribution is 6.35. The van der Waals surface area contributed by atoms with E-state index in [1.807, 2.05) is 26.0 Å². The second-order valence-electron chi connectivity index (χ2n) is 6.23. The lowest BCUT2D eigenvalue weighted by Gasteiger charge is -2.11. The van der Waals surface area contributed by atoms with Crippen molar-refractivity contribution in [1.82, 2.24) is 14.7 Å². The third kappa shape index (κ3) is 2.55. The molecule has 26 heavy (non-hydrogen) atoms. The van der Waals surface area contributed by atoms with Crippen LogP contribution in [0, 0.1) is 13.8 Å². The highest BCUT2D eigenvalue weighted by atomic mass is 35.5. The van der Waals surface area contributed by atoms with Crippen LogP contribution in [0.15, 0.2) is 39.6 Å². The molecule has 0 bridgehead atoms. The summed E-state index contributed by atoms with van der Waals surface area (Å²) >= 11 is 12.6. The highest BCUT2D eigenvalue weighted by Crippen LogP contribution is 2.38. The lowest BCUT2D eigenvalue weighted by Crippen LogP contribution is -2.12. The molecule has 0 unspecified atom stereocenters. The zero-order valence-electron chi connectivity index (χ0n) is 14.4. The second kappa shape index (κ2) is 6.04. The molecule has 0 radical (unpaired) electrons. The van der Waals surface area contributed by atoms with Gasteiger partial charge in [0.05, 0.1) is 16.7 Å². The summed E-state index contributed by atoms with van der Waals surface area (Å²) in [5.41, 5.74) is 5.41. The number of aromatic nitrogens is 3. The van der Waals surface area contributed by atoms with Crippen molar-refractivity contribution in [3.05, 3.63) is 62.3 Å². The second-order valence-corrected chi connectivity index (χ2v) is 7.08. The van der Waals surface area contributed by atoms with Crippen LogP contribution >= 0.6 is 23.2 Å². The van der Waals surface area contributed by atoms with Gasteiger partial charge in [-0.25, -0.2) is 4.79 Å². The Morgan fingerprint density at radius 3 is 2.58 bits per heavy atom. The Labute approximate surface area is 159 Å². The minimum atomic E-state index is -0.199. The molecule has 5 nitrogen and oxygen atoms in total. The molecule has 4 aromatic rings. The maximum atomic E-state index is 12.2. The molecule has 0 spiro atoms. The van der Waals surface area contributed by atoms with Gasteiger partial charge in [-0.2, -0.15) is 0 Å². The van der Waals surface area contributed by atoms with E-state index in [-0.39, 0.29) is 5.69 Å². The SMILES string of the molecule is Cc1noc(C)c1-c1cc(-c2cc(Cl)ccc2Cl)c2c(c1)[nH]c(=O)n2C. The molecule has 0 saturated carbocycles. The molecule has 0 saturated heterocycles. The summed E-state index contributed by atoms with van der Waals surface area (Å²) in [4.78, 5) is 15.1. The van der Waals surface area contributed by atoms with Crippen molar-refractivity contribution >= 4 is 34.2 Å². The zero-order valence-corrected chi connectivity index (χ0v) is 15.9. The van der Waals surface area contributed by atoms with Gasteiger partial charge in [-0.05, 0) is 49.7 Å². The van der Waals surface area contributed by atoms with Crippen LogP contribution in [-0.2, 0) is 7.05 Å². The molecule has 0 aliphatic rings. The quantitative estimate of drug-likeness (QED) is 0.519. The van der Waals surface area contributed by atoms with E-state index in [2.05, 4.69) is 10.1 Å². The van der Waals surface area contributed by atoms with Gasteiger partial charge in [-0.1, -0.05) is 28.4 Å². The van der Waals surface area contributed by atoms with Crippen molar-refractivity contribution in [3.63, 3.8) is 0 Å². The molecule has 0 amide bonds. The van der Waals surface area contributed by atoms with Crippen LogP contribution in [0.1, 0.15) is 11.5 Å². The molecule has 2 heterocycles. The molecule has 0 atom stereocenters. The van der Waals surface area contributed by atoms with E-state index in [0.29, 0.717) is 21.3 Å². The summed E-state index contributed by atoms with van der Waals surface area (Å²) in [5, 5.41) is 5.16. The first-order chi connectivity index (χ1) is 12.4. The Morgan fingerprint density at radius 2 is 1.88 bits per heavy atom. The predicted octanol–water partition coefficient (Wildman–Crippen LogP) is 5.11. The van der Waals surface area contributed by atoms with Crippen LogP contribution in [0.3, 0.4) is 0 Å². The number of H-pyrrole nitrogens is 1. The number of imidazole rings is 1. The van der Waals surface area contributed by atoms with E-state index in [9.17, 15) is 4.79 Å². The fourth-order valence-electron chi connectivity index (χ4n) is 3.34. The maximum Gasteiger partial charge on any atom is 0.326 e. The number of aryl methyl sites for hydroxylation is 3. The first-order valence-corrected chi connectivity index (χ1v) is 8.74. The molecule has 0 aliphatic carbocycles. The number of hydrogen-bond donors (Lipinski definition) is 1. The van der Waals surface area contributed by atoms with E-state index < -0.39 is 0 Å². The van der Waals surface area contributed by atoms with Crippen LogP contribution in [0.4, 0.5) is 0 Å². The van der Waals surface area contributed by atoms with Crippen molar-refractivity contribution in [2.45, 2.75) is 13.8 Å². The molecule has 0 aliphatic heterocycles. The summed E-state index contributed by atoms with van der Waals surface area (Å²) in [5.74, 6) is 0.711. The van der Waals surface area contributed by atoms with E-state index in [1.54, 1.807) is 29.8 Å². The molecule has 132 valence electrons. The van der Waals surface area contributed by atoms with Gasteiger partial charge in [0.2, 0.25) is 0 Å². The average molecular weight is 388 g/mol. The van der Waals surface area contributed by atoms with Gasteiger partial charge >= 0.3 is 5.69 Å². The highest BCUT2D eigenvalue weighted by Gasteiger charge is 2.19. The monoisotopic (exact) mass is 387 g/mol. The summed E-state index contributed by atoms with van der Waals surface area (Å²) < 4.78 is 6.87. The molecule has 0 fully saturated rings.